The third-order valence-corrected chi connectivity index (χ3v) is 4.68. The summed E-state index contributed by atoms with van der Waals surface area (Å²) in [4.78, 5) is 1.39. The van der Waals surface area contributed by atoms with E-state index in [1.165, 1.54) is 10.4 Å². The number of ether oxygens (including phenoxy) is 1. The van der Waals surface area contributed by atoms with Gasteiger partial charge in [0.2, 0.25) is 0 Å². The summed E-state index contributed by atoms with van der Waals surface area (Å²) in [5, 5.41) is 10.0. The van der Waals surface area contributed by atoms with Crippen LogP contribution in [0.4, 0.5) is 0 Å². The van der Waals surface area contributed by atoms with E-state index in [-0.39, 0.29) is 6.10 Å². The Morgan fingerprint density at radius 1 is 1.55 bits per heavy atom. The summed E-state index contributed by atoms with van der Waals surface area (Å²) in [7, 11) is 0. The van der Waals surface area contributed by atoms with Crippen LogP contribution in [-0.2, 0) is 17.8 Å². The smallest absolute Gasteiger partial charge is 0.0896 e. The van der Waals surface area contributed by atoms with Gasteiger partial charge >= 0.3 is 0 Å². The number of hydrogen-bond acceptors (Lipinski definition) is 4. The lowest BCUT2D eigenvalue weighted by atomic mass is 9.97. The minimum Gasteiger partial charge on any atom is -0.373 e. The van der Waals surface area contributed by atoms with Crippen molar-refractivity contribution in [1.82, 2.24) is 15.1 Å². The lowest BCUT2D eigenvalue weighted by Crippen LogP contribution is -2.24. The van der Waals surface area contributed by atoms with Crippen molar-refractivity contribution >= 4 is 11.3 Å². The summed E-state index contributed by atoms with van der Waals surface area (Å²) >= 11 is 1.80. The van der Waals surface area contributed by atoms with Crippen molar-refractivity contribution < 1.29 is 4.74 Å². The van der Waals surface area contributed by atoms with Gasteiger partial charge in [-0.25, -0.2) is 0 Å². The van der Waals surface area contributed by atoms with E-state index in [0.29, 0.717) is 5.92 Å². The topological polar surface area (TPSA) is 39.1 Å². The van der Waals surface area contributed by atoms with E-state index < -0.39 is 0 Å². The highest BCUT2D eigenvalue weighted by molar-refractivity contribution is 7.09. The molecule has 0 aliphatic carbocycles. The van der Waals surface area contributed by atoms with E-state index in [4.69, 9.17) is 4.74 Å². The van der Waals surface area contributed by atoms with Crippen molar-refractivity contribution in [2.45, 2.75) is 32.5 Å². The molecule has 2 atom stereocenters. The molecule has 3 rings (SSSR count). The zero-order valence-corrected chi connectivity index (χ0v) is 12.6. The molecule has 0 spiro atoms. The van der Waals surface area contributed by atoms with E-state index in [1.807, 2.05) is 10.9 Å². The van der Waals surface area contributed by atoms with Gasteiger partial charge in [-0.15, -0.1) is 11.3 Å². The fourth-order valence-electron chi connectivity index (χ4n) is 2.70. The molecule has 2 aromatic heterocycles. The molecule has 3 heterocycles. The van der Waals surface area contributed by atoms with E-state index in [2.05, 4.69) is 41.0 Å². The van der Waals surface area contributed by atoms with Crippen molar-refractivity contribution in [2.24, 2.45) is 5.92 Å². The first kappa shape index (κ1) is 13.8. The SMILES string of the molecule is CCn1cc([C@H]2OCC[C@H]2CNCc2cccs2)cn1. The molecule has 1 aliphatic rings. The minimum absolute atomic E-state index is 0.200. The lowest BCUT2D eigenvalue weighted by molar-refractivity contribution is 0.0904. The maximum atomic E-state index is 5.91. The maximum absolute atomic E-state index is 5.91. The number of hydrogen-bond donors (Lipinski definition) is 1. The monoisotopic (exact) mass is 291 g/mol. The van der Waals surface area contributed by atoms with Crippen LogP contribution in [0.5, 0.6) is 0 Å². The normalized spacial score (nSPS) is 22.4. The standard InChI is InChI=1S/C15H21N3OS/c1-2-18-11-13(9-17-18)15-12(5-6-19-15)8-16-10-14-4-3-7-20-14/h3-4,7,9,11-12,15-16H,2,5-6,8,10H2,1H3/t12-,15-/m0/s1. The van der Waals surface area contributed by atoms with Crippen LogP contribution in [0.15, 0.2) is 29.9 Å². The first-order valence-electron chi connectivity index (χ1n) is 7.24. The van der Waals surface area contributed by atoms with Crippen LogP contribution >= 0.6 is 11.3 Å². The molecular weight excluding hydrogens is 270 g/mol. The third-order valence-electron chi connectivity index (χ3n) is 3.81. The molecule has 1 N–H and O–H groups in total. The van der Waals surface area contributed by atoms with Crippen molar-refractivity contribution in [2.75, 3.05) is 13.2 Å². The second-order valence-corrected chi connectivity index (χ2v) is 6.21. The number of aryl methyl sites for hydroxylation is 1. The molecule has 1 fully saturated rings. The highest BCUT2D eigenvalue weighted by atomic mass is 32.1. The van der Waals surface area contributed by atoms with Gasteiger partial charge in [0.05, 0.1) is 12.3 Å². The number of nitrogens with one attached hydrogen (secondary N) is 1. The molecule has 0 radical (unpaired) electrons. The average molecular weight is 291 g/mol. The van der Waals surface area contributed by atoms with Crippen LogP contribution < -0.4 is 5.32 Å². The summed E-state index contributed by atoms with van der Waals surface area (Å²) in [6.45, 7) is 5.82. The molecule has 0 amide bonds. The molecule has 108 valence electrons. The highest BCUT2D eigenvalue weighted by Gasteiger charge is 2.30. The molecule has 0 aromatic carbocycles. The third kappa shape index (κ3) is 3.11. The second kappa shape index (κ2) is 6.52. The van der Waals surface area contributed by atoms with Crippen LogP contribution in [0.1, 0.15) is 29.9 Å². The Bertz CT molecular complexity index is 523. The second-order valence-electron chi connectivity index (χ2n) is 5.18. The molecule has 0 unspecified atom stereocenters. The van der Waals surface area contributed by atoms with Crippen molar-refractivity contribution in [3.63, 3.8) is 0 Å². The molecule has 5 heteroatoms. The summed E-state index contributed by atoms with van der Waals surface area (Å²) in [6, 6.07) is 4.27. The number of thiophene rings is 1. The molecule has 2 aromatic rings. The van der Waals surface area contributed by atoms with E-state index in [0.717, 1.165) is 32.7 Å². The fourth-order valence-corrected chi connectivity index (χ4v) is 3.38. The molecule has 1 aliphatic heterocycles. The molecule has 20 heavy (non-hydrogen) atoms. The van der Waals surface area contributed by atoms with Crippen LogP contribution in [0, 0.1) is 5.92 Å². The van der Waals surface area contributed by atoms with Gasteiger partial charge in [0.25, 0.3) is 0 Å². The Hall–Kier alpha value is -1.17. The predicted octanol–water partition coefficient (Wildman–Crippen LogP) is 2.83. The number of rotatable bonds is 6. The fraction of sp³-hybridized carbons (Fsp3) is 0.533. The van der Waals surface area contributed by atoms with E-state index in [1.54, 1.807) is 11.3 Å². The maximum Gasteiger partial charge on any atom is 0.0896 e. The van der Waals surface area contributed by atoms with Gasteiger partial charge in [0.1, 0.15) is 0 Å². The Labute approximate surface area is 123 Å². The van der Waals surface area contributed by atoms with Gasteiger partial charge in [-0.3, -0.25) is 4.68 Å². The number of aromatic nitrogens is 2. The van der Waals surface area contributed by atoms with Crippen LogP contribution in [0.3, 0.4) is 0 Å². The average Bonchev–Trinajstić information content (AvgIpc) is 3.20. The van der Waals surface area contributed by atoms with Crippen molar-refractivity contribution in [1.29, 1.82) is 0 Å². The largest absolute Gasteiger partial charge is 0.373 e. The number of nitrogens with zero attached hydrogens (tertiary/aromatic N) is 2. The summed E-state index contributed by atoms with van der Waals surface area (Å²) in [5.74, 6) is 0.546. The van der Waals surface area contributed by atoms with Crippen molar-refractivity contribution in [3.05, 3.63) is 40.3 Å². The van der Waals surface area contributed by atoms with Crippen molar-refractivity contribution in [3.8, 4) is 0 Å². The van der Waals surface area contributed by atoms with Gasteiger partial charge in [-0.05, 0) is 24.8 Å². The zero-order chi connectivity index (χ0) is 13.8. The predicted molar refractivity (Wildman–Crippen MR) is 80.7 cm³/mol. The summed E-state index contributed by atoms with van der Waals surface area (Å²) < 4.78 is 7.87. The van der Waals surface area contributed by atoms with Gasteiger partial charge in [0.15, 0.2) is 0 Å². The highest BCUT2D eigenvalue weighted by Crippen LogP contribution is 2.33. The Balaban J connectivity index is 1.55. The van der Waals surface area contributed by atoms with Crippen LogP contribution in [-0.4, -0.2) is 22.9 Å². The van der Waals surface area contributed by atoms with Crippen LogP contribution in [0.25, 0.3) is 0 Å². The minimum atomic E-state index is 0.200. The first-order valence-corrected chi connectivity index (χ1v) is 8.12. The Morgan fingerprint density at radius 2 is 2.50 bits per heavy atom. The van der Waals surface area contributed by atoms with E-state index >= 15 is 0 Å². The molecular formula is C15H21N3OS. The molecule has 0 bridgehead atoms. The summed E-state index contributed by atoms with van der Waals surface area (Å²) in [5.41, 5.74) is 1.22. The lowest BCUT2D eigenvalue weighted by Gasteiger charge is -2.17. The van der Waals surface area contributed by atoms with Gasteiger partial charge in [-0.1, -0.05) is 6.07 Å². The van der Waals surface area contributed by atoms with Gasteiger partial charge in [0, 0.05) is 48.8 Å². The first-order chi connectivity index (χ1) is 9.86. The molecule has 0 saturated carbocycles. The van der Waals surface area contributed by atoms with E-state index in [9.17, 15) is 0 Å². The molecule has 4 nitrogen and oxygen atoms in total. The molecule has 1 saturated heterocycles. The zero-order valence-electron chi connectivity index (χ0n) is 11.8. The Kier molecular flexibility index (Phi) is 4.50. The van der Waals surface area contributed by atoms with Crippen LogP contribution in [0.2, 0.25) is 0 Å². The summed E-state index contributed by atoms with van der Waals surface area (Å²) in [6.07, 6.45) is 5.39. The quantitative estimate of drug-likeness (QED) is 0.889. The Morgan fingerprint density at radius 3 is 3.25 bits per heavy atom. The van der Waals surface area contributed by atoms with Gasteiger partial charge in [-0.2, -0.15) is 5.10 Å². The van der Waals surface area contributed by atoms with Gasteiger partial charge < -0.3 is 10.1 Å².